The Morgan fingerprint density at radius 1 is 1.30 bits per heavy atom. The molecule has 2 rings (SSSR count). The normalized spacial score (nSPS) is 15.5. The van der Waals surface area contributed by atoms with Gasteiger partial charge in [-0.05, 0) is 25.3 Å². The molecule has 0 radical (unpaired) electrons. The highest BCUT2D eigenvalue weighted by atomic mass is 16.2. The number of hydrogen-bond acceptors (Lipinski definition) is 2. The molecule has 1 aliphatic rings. The van der Waals surface area contributed by atoms with Crippen LogP contribution in [0.3, 0.4) is 0 Å². The number of rotatable bonds is 6. The minimum Gasteiger partial charge on any atom is -0.354 e. The largest absolute Gasteiger partial charge is 0.354 e. The van der Waals surface area contributed by atoms with E-state index in [0.29, 0.717) is 13.1 Å². The van der Waals surface area contributed by atoms with Crippen molar-refractivity contribution in [1.29, 1.82) is 0 Å². The molecule has 1 saturated carbocycles. The average Bonchev–Trinajstić information content (AvgIpc) is 3.28. The van der Waals surface area contributed by atoms with E-state index in [1.165, 1.54) is 0 Å². The quantitative estimate of drug-likeness (QED) is 0.864. The number of hydrogen-bond donors (Lipinski definition) is 1. The van der Waals surface area contributed by atoms with Crippen LogP contribution in [0.4, 0.5) is 0 Å². The SMILES string of the molecule is CC(=O)N(CCNC(=O)C1CC1)C(C)c1ccccc1. The predicted octanol–water partition coefficient (Wildman–Crippen LogP) is 2.12. The molecule has 4 heteroatoms. The molecule has 1 atom stereocenters. The van der Waals surface area contributed by atoms with Crippen molar-refractivity contribution in [1.82, 2.24) is 10.2 Å². The van der Waals surface area contributed by atoms with E-state index in [1.54, 1.807) is 11.8 Å². The summed E-state index contributed by atoms with van der Waals surface area (Å²) in [5, 5.41) is 2.90. The molecule has 1 N–H and O–H groups in total. The third-order valence-electron chi connectivity index (χ3n) is 3.75. The number of carbonyl (C=O) groups is 2. The minimum atomic E-state index is 0.0199. The Morgan fingerprint density at radius 2 is 1.95 bits per heavy atom. The molecule has 1 unspecified atom stereocenters. The van der Waals surface area contributed by atoms with E-state index < -0.39 is 0 Å². The van der Waals surface area contributed by atoms with Crippen molar-refractivity contribution < 1.29 is 9.59 Å². The summed E-state index contributed by atoms with van der Waals surface area (Å²) in [6, 6.07) is 9.96. The van der Waals surface area contributed by atoms with Crippen LogP contribution in [0, 0.1) is 5.92 Å². The van der Waals surface area contributed by atoms with Crippen LogP contribution in [0.15, 0.2) is 30.3 Å². The lowest BCUT2D eigenvalue weighted by Gasteiger charge is -2.28. The highest BCUT2D eigenvalue weighted by molar-refractivity contribution is 5.80. The first-order chi connectivity index (χ1) is 9.59. The van der Waals surface area contributed by atoms with Gasteiger partial charge in [-0.25, -0.2) is 0 Å². The Balaban J connectivity index is 1.89. The zero-order valence-corrected chi connectivity index (χ0v) is 12.1. The average molecular weight is 274 g/mol. The van der Waals surface area contributed by atoms with E-state index in [1.807, 2.05) is 37.3 Å². The number of carbonyl (C=O) groups excluding carboxylic acids is 2. The van der Waals surface area contributed by atoms with Crippen LogP contribution in [0.2, 0.25) is 0 Å². The second-order valence-corrected chi connectivity index (χ2v) is 5.36. The van der Waals surface area contributed by atoms with Gasteiger partial charge in [-0.2, -0.15) is 0 Å². The first-order valence-electron chi connectivity index (χ1n) is 7.19. The van der Waals surface area contributed by atoms with Gasteiger partial charge in [-0.15, -0.1) is 0 Å². The molecule has 1 aliphatic carbocycles. The summed E-state index contributed by atoms with van der Waals surface area (Å²) >= 11 is 0. The molecule has 0 saturated heterocycles. The van der Waals surface area contributed by atoms with Gasteiger partial charge in [0.25, 0.3) is 0 Å². The molecular formula is C16H22N2O2. The molecular weight excluding hydrogens is 252 g/mol. The second-order valence-electron chi connectivity index (χ2n) is 5.36. The summed E-state index contributed by atoms with van der Waals surface area (Å²) < 4.78 is 0. The first-order valence-corrected chi connectivity index (χ1v) is 7.19. The van der Waals surface area contributed by atoms with Crippen molar-refractivity contribution in [2.75, 3.05) is 13.1 Å². The van der Waals surface area contributed by atoms with Gasteiger partial charge in [-0.3, -0.25) is 9.59 Å². The molecule has 0 aromatic heterocycles. The van der Waals surface area contributed by atoms with Gasteiger partial charge in [0.1, 0.15) is 0 Å². The second kappa shape index (κ2) is 6.55. The van der Waals surface area contributed by atoms with Crippen molar-refractivity contribution in [2.24, 2.45) is 5.92 Å². The van der Waals surface area contributed by atoms with Crippen molar-refractivity contribution in [3.63, 3.8) is 0 Å². The van der Waals surface area contributed by atoms with E-state index in [4.69, 9.17) is 0 Å². The summed E-state index contributed by atoms with van der Waals surface area (Å²) in [5.41, 5.74) is 1.11. The highest BCUT2D eigenvalue weighted by Gasteiger charge is 2.29. The molecule has 0 spiro atoms. The van der Waals surface area contributed by atoms with E-state index in [9.17, 15) is 9.59 Å². The van der Waals surface area contributed by atoms with Crippen LogP contribution in [0.1, 0.15) is 38.3 Å². The molecule has 0 bridgehead atoms. The fourth-order valence-electron chi connectivity index (χ4n) is 2.32. The van der Waals surface area contributed by atoms with E-state index in [2.05, 4.69) is 5.32 Å². The van der Waals surface area contributed by atoms with Gasteiger partial charge < -0.3 is 10.2 Å². The van der Waals surface area contributed by atoms with Crippen molar-refractivity contribution >= 4 is 11.8 Å². The summed E-state index contributed by atoms with van der Waals surface area (Å²) in [5.74, 6) is 0.371. The lowest BCUT2D eigenvalue weighted by atomic mass is 10.1. The molecule has 20 heavy (non-hydrogen) atoms. The van der Waals surface area contributed by atoms with Crippen molar-refractivity contribution in [3.8, 4) is 0 Å². The Bertz CT molecular complexity index is 469. The van der Waals surface area contributed by atoms with Crippen molar-refractivity contribution in [2.45, 2.75) is 32.7 Å². The topological polar surface area (TPSA) is 49.4 Å². The van der Waals surface area contributed by atoms with Gasteiger partial charge in [-0.1, -0.05) is 30.3 Å². The maximum Gasteiger partial charge on any atom is 0.223 e. The molecule has 4 nitrogen and oxygen atoms in total. The van der Waals surface area contributed by atoms with Crippen LogP contribution >= 0.6 is 0 Å². The minimum absolute atomic E-state index is 0.0199. The number of amides is 2. The molecule has 1 fully saturated rings. The zero-order chi connectivity index (χ0) is 14.5. The summed E-state index contributed by atoms with van der Waals surface area (Å²) in [6.45, 7) is 4.65. The van der Waals surface area contributed by atoms with Gasteiger partial charge in [0.05, 0.1) is 6.04 Å². The van der Waals surface area contributed by atoms with Gasteiger partial charge in [0, 0.05) is 25.9 Å². The van der Waals surface area contributed by atoms with Gasteiger partial charge in [0.15, 0.2) is 0 Å². The Hall–Kier alpha value is -1.84. The standard InChI is InChI=1S/C16H22N2O2/c1-12(14-6-4-3-5-7-14)18(13(2)19)11-10-17-16(20)15-8-9-15/h3-7,12,15H,8-11H2,1-2H3,(H,17,20). The molecule has 108 valence electrons. The third kappa shape index (κ3) is 3.83. The number of nitrogens with one attached hydrogen (secondary N) is 1. The van der Waals surface area contributed by atoms with Crippen molar-refractivity contribution in [3.05, 3.63) is 35.9 Å². The molecule has 1 aromatic carbocycles. The molecule has 0 heterocycles. The van der Waals surface area contributed by atoms with Crippen LogP contribution < -0.4 is 5.32 Å². The molecule has 2 amide bonds. The molecule has 0 aliphatic heterocycles. The lowest BCUT2D eigenvalue weighted by molar-refractivity contribution is -0.131. The fourth-order valence-corrected chi connectivity index (χ4v) is 2.32. The van der Waals surface area contributed by atoms with Gasteiger partial charge >= 0.3 is 0 Å². The number of benzene rings is 1. The lowest BCUT2D eigenvalue weighted by Crippen LogP contribution is -2.39. The maximum absolute atomic E-state index is 11.8. The highest BCUT2D eigenvalue weighted by Crippen LogP contribution is 2.28. The Kier molecular flexibility index (Phi) is 4.77. The van der Waals surface area contributed by atoms with Crippen LogP contribution in [-0.2, 0) is 9.59 Å². The number of nitrogens with zero attached hydrogens (tertiary/aromatic N) is 1. The Morgan fingerprint density at radius 3 is 2.50 bits per heavy atom. The Labute approximate surface area is 120 Å². The first kappa shape index (κ1) is 14.6. The zero-order valence-electron chi connectivity index (χ0n) is 12.1. The third-order valence-corrected chi connectivity index (χ3v) is 3.75. The van der Waals surface area contributed by atoms with Gasteiger partial charge in [0.2, 0.25) is 11.8 Å². The molecule has 1 aromatic rings. The maximum atomic E-state index is 11.8. The smallest absolute Gasteiger partial charge is 0.223 e. The monoisotopic (exact) mass is 274 g/mol. The summed E-state index contributed by atoms with van der Waals surface area (Å²) in [7, 11) is 0. The van der Waals surface area contributed by atoms with E-state index in [0.717, 1.165) is 18.4 Å². The predicted molar refractivity (Wildman–Crippen MR) is 78.0 cm³/mol. The summed E-state index contributed by atoms with van der Waals surface area (Å²) in [6.07, 6.45) is 2.01. The van der Waals surface area contributed by atoms with Crippen LogP contribution in [-0.4, -0.2) is 29.8 Å². The van der Waals surface area contributed by atoms with E-state index >= 15 is 0 Å². The van der Waals surface area contributed by atoms with E-state index in [-0.39, 0.29) is 23.8 Å². The summed E-state index contributed by atoms with van der Waals surface area (Å²) in [4.78, 5) is 25.2. The van der Waals surface area contributed by atoms with Crippen LogP contribution in [0.25, 0.3) is 0 Å². The van der Waals surface area contributed by atoms with Crippen LogP contribution in [0.5, 0.6) is 0 Å². The fraction of sp³-hybridized carbons (Fsp3) is 0.500.